The first-order valence-electron chi connectivity index (χ1n) is 9.38. The first-order chi connectivity index (χ1) is 14.8. The smallest absolute Gasteiger partial charge is 0.385 e. The summed E-state index contributed by atoms with van der Waals surface area (Å²) in [5.41, 5.74) is -0.994. The molecule has 1 amide bonds. The van der Waals surface area contributed by atoms with E-state index in [4.69, 9.17) is 4.74 Å². The van der Waals surface area contributed by atoms with Crippen molar-refractivity contribution in [2.24, 2.45) is 0 Å². The molecule has 1 aromatic heterocycles. The third-order valence-electron chi connectivity index (χ3n) is 4.40. The Morgan fingerprint density at radius 1 is 1.16 bits per heavy atom. The molecule has 0 aliphatic rings. The van der Waals surface area contributed by atoms with Crippen LogP contribution in [0.2, 0.25) is 0 Å². The van der Waals surface area contributed by atoms with Crippen LogP contribution in [-0.4, -0.2) is 34.9 Å². The van der Waals surface area contributed by atoms with Gasteiger partial charge in [-0.15, -0.1) is 0 Å². The monoisotopic (exact) mass is 451 g/mol. The van der Waals surface area contributed by atoms with E-state index in [0.29, 0.717) is 35.6 Å². The average molecular weight is 451 g/mol. The predicted octanol–water partition coefficient (Wildman–Crippen LogP) is 4.18. The molecule has 3 aromatic rings. The normalized spacial score (nSPS) is 11.6. The number of halogens is 3. The number of thioether (sulfide) groups is 1. The molecule has 0 fully saturated rings. The van der Waals surface area contributed by atoms with Crippen molar-refractivity contribution in [2.75, 3.05) is 24.8 Å². The summed E-state index contributed by atoms with van der Waals surface area (Å²) < 4.78 is 45.9. The first-order valence-corrected chi connectivity index (χ1v) is 10.4. The number of carbonyl (C=O) groups excluding carboxylic acids is 1. The summed E-state index contributed by atoms with van der Waals surface area (Å²) >= 11 is 0.993. The van der Waals surface area contributed by atoms with Gasteiger partial charge in [0.25, 0.3) is 5.56 Å². The van der Waals surface area contributed by atoms with Crippen LogP contribution >= 0.6 is 11.8 Å². The molecule has 1 heterocycles. The van der Waals surface area contributed by atoms with Crippen molar-refractivity contribution in [1.82, 2.24) is 9.55 Å². The molecule has 31 heavy (non-hydrogen) atoms. The van der Waals surface area contributed by atoms with Crippen LogP contribution in [0.3, 0.4) is 0 Å². The maximum atomic E-state index is 13.1. The number of hydrogen-bond acceptors (Lipinski definition) is 5. The maximum absolute atomic E-state index is 13.1. The summed E-state index contributed by atoms with van der Waals surface area (Å²) in [6, 6.07) is 11.6. The Morgan fingerprint density at radius 2 is 1.87 bits per heavy atom. The highest BCUT2D eigenvalue weighted by molar-refractivity contribution is 7.99. The Kier molecular flexibility index (Phi) is 7.34. The van der Waals surface area contributed by atoms with Gasteiger partial charge < -0.3 is 10.1 Å². The molecule has 0 saturated carbocycles. The van der Waals surface area contributed by atoms with Crippen molar-refractivity contribution in [3.63, 3.8) is 0 Å². The summed E-state index contributed by atoms with van der Waals surface area (Å²) in [7, 11) is 1.56. The van der Waals surface area contributed by atoms with Crippen LogP contribution < -0.4 is 10.9 Å². The Morgan fingerprint density at radius 3 is 2.61 bits per heavy atom. The number of hydrogen-bond donors (Lipinski definition) is 1. The second kappa shape index (κ2) is 9.97. The number of nitrogens with one attached hydrogen (secondary N) is 1. The molecule has 6 nitrogen and oxygen atoms in total. The minimum Gasteiger partial charge on any atom is -0.385 e. The van der Waals surface area contributed by atoms with Gasteiger partial charge in [0.1, 0.15) is 0 Å². The molecule has 2 aromatic carbocycles. The van der Waals surface area contributed by atoms with E-state index in [2.05, 4.69) is 10.3 Å². The zero-order valence-electron chi connectivity index (χ0n) is 16.6. The first kappa shape index (κ1) is 22.8. The highest BCUT2D eigenvalue weighted by atomic mass is 32.2. The fourth-order valence-electron chi connectivity index (χ4n) is 2.98. The van der Waals surface area contributed by atoms with Gasteiger partial charge in [0.15, 0.2) is 5.16 Å². The number of nitrogens with zero attached hydrogens (tertiary/aromatic N) is 2. The van der Waals surface area contributed by atoms with Crippen molar-refractivity contribution >= 4 is 34.3 Å². The molecule has 0 saturated heterocycles. The molecule has 10 heteroatoms. The quantitative estimate of drug-likeness (QED) is 0.316. The topological polar surface area (TPSA) is 73.2 Å². The van der Waals surface area contributed by atoms with Gasteiger partial charge in [-0.2, -0.15) is 13.2 Å². The van der Waals surface area contributed by atoms with Crippen molar-refractivity contribution < 1.29 is 22.7 Å². The molecule has 0 radical (unpaired) electrons. The Balaban J connectivity index is 1.81. The average Bonchev–Trinajstić information content (AvgIpc) is 2.74. The number of ether oxygens (including phenoxy) is 1. The number of para-hydroxylation sites is 2. The summed E-state index contributed by atoms with van der Waals surface area (Å²) in [5.74, 6) is -0.839. The predicted molar refractivity (Wildman–Crippen MR) is 113 cm³/mol. The van der Waals surface area contributed by atoms with Crippen LogP contribution in [0.25, 0.3) is 10.9 Å². The van der Waals surface area contributed by atoms with Crippen LogP contribution in [0.4, 0.5) is 18.9 Å². The third kappa shape index (κ3) is 5.65. The highest BCUT2D eigenvalue weighted by Gasteiger charge is 2.33. The minimum absolute atomic E-state index is 0.207. The van der Waals surface area contributed by atoms with Gasteiger partial charge in [-0.25, -0.2) is 4.98 Å². The second-order valence-corrected chi connectivity index (χ2v) is 7.54. The van der Waals surface area contributed by atoms with Crippen molar-refractivity contribution in [2.45, 2.75) is 24.3 Å². The molecule has 1 N–H and O–H groups in total. The van der Waals surface area contributed by atoms with Gasteiger partial charge in [0.2, 0.25) is 5.91 Å². The number of amides is 1. The van der Waals surface area contributed by atoms with E-state index in [-0.39, 0.29) is 17.0 Å². The van der Waals surface area contributed by atoms with Gasteiger partial charge in [-0.1, -0.05) is 36.0 Å². The van der Waals surface area contributed by atoms with E-state index in [1.54, 1.807) is 31.4 Å². The van der Waals surface area contributed by atoms with Gasteiger partial charge >= 0.3 is 6.18 Å². The molecule has 0 unspecified atom stereocenters. The van der Waals surface area contributed by atoms with Crippen molar-refractivity contribution in [1.29, 1.82) is 0 Å². The van der Waals surface area contributed by atoms with Gasteiger partial charge in [-0.05, 0) is 30.7 Å². The van der Waals surface area contributed by atoms with Crippen LogP contribution in [0, 0.1) is 0 Å². The Bertz CT molecular complexity index is 1130. The van der Waals surface area contributed by atoms with Crippen LogP contribution in [0.5, 0.6) is 0 Å². The van der Waals surface area contributed by atoms with Gasteiger partial charge in [0, 0.05) is 20.3 Å². The molecule has 164 valence electrons. The van der Waals surface area contributed by atoms with Crippen LogP contribution in [-0.2, 0) is 22.3 Å². The maximum Gasteiger partial charge on any atom is 0.418 e. The number of anilines is 1. The second-order valence-electron chi connectivity index (χ2n) is 6.59. The number of rotatable bonds is 8. The lowest BCUT2D eigenvalue weighted by atomic mass is 10.1. The largest absolute Gasteiger partial charge is 0.418 e. The summed E-state index contributed by atoms with van der Waals surface area (Å²) in [6.07, 6.45) is -4.02. The van der Waals surface area contributed by atoms with Crippen LogP contribution in [0.15, 0.2) is 58.5 Å². The number of methoxy groups -OCH3 is 1. The molecule has 0 spiro atoms. The number of carbonyl (C=O) groups is 1. The molecule has 3 rings (SSSR count). The zero-order valence-corrected chi connectivity index (χ0v) is 17.4. The lowest BCUT2D eigenvalue weighted by molar-refractivity contribution is -0.137. The molecular weight excluding hydrogens is 431 g/mol. The molecular formula is C21H20F3N3O3S. The van der Waals surface area contributed by atoms with Crippen molar-refractivity contribution in [3.8, 4) is 0 Å². The minimum atomic E-state index is -4.58. The Hall–Kier alpha value is -2.85. The van der Waals surface area contributed by atoms with E-state index in [1.807, 2.05) is 0 Å². The molecule has 0 aliphatic carbocycles. The molecule has 0 aliphatic heterocycles. The third-order valence-corrected chi connectivity index (χ3v) is 5.37. The number of benzene rings is 2. The number of alkyl halides is 3. The summed E-state index contributed by atoms with van der Waals surface area (Å²) in [6.45, 7) is 0.781. The van der Waals surface area contributed by atoms with Crippen LogP contribution in [0.1, 0.15) is 12.0 Å². The highest BCUT2D eigenvalue weighted by Crippen LogP contribution is 2.34. The summed E-state index contributed by atoms with van der Waals surface area (Å²) in [4.78, 5) is 29.7. The molecule has 0 bridgehead atoms. The van der Waals surface area contributed by atoms with E-state index in [1.165, 1.54) is 22.8 Å². The Labute approximate surface area is 180 Å². The van der Waals surface area contributed by atoms with Gasteiger partial charge in [0.05, 0.1) is 27.9 Å². The van der Waals surface area contributed by atoms with E-state index < -0.39 is 17.6 Å². The molecule has 0 atom stereocenters. The van der Waals surface area contributed by atoms with E-state index >= 15 is 0 Å². The SMILES string of the molecule is COCCCn1c(SCC(=O)Nc2ccccc2C(F)(F)F)nc2ccccc2c1=O. The lowest BCUT2D eigenvalue weighted by Gasteiger charge is -2.14. The standard InChI is InChI=1S/C21H20F3N3O3S/c1-30-12-6-11-27-19(29)14-7-2-4-9-16(14)26-20(27)31-13-18(28)25-17-10-5-3-8-15(17)21(22,23)24/h2-5,7-10H,6,11-13H2,1H3,(H,25,28). The summed E-state index contributed by atoms with van der Waals surface area (Å²) in [5, 5.41) is 3.07. The van der Waals surface area contributed by atoms with E-state index in [9.17, 15) is 22.8 Å². The number of aromatic nitrogens is 2. The van der Waals surface area contributed by atoms with Gasteiger partial charge in [-0.3, -0.25) is 14.2 Å². The number of fused-ring (bicyclic) bond motifs is 1. The fourth-order valence-corrected chi connectivity index (χ4v) is 3.80. The van der Waals surface area contributed by atoms with Crippen molar-refractivity contribution in [3.05, 3.63) is 64.4 Å². The van der Waals surface area contributed by atoms with E-state index in [0.717, 1.165) is 17.8 Å². The lowest BCUT2D eigenvalue weighted by Crippen LogP contribution is -2.25. The fraction of sp³-hybridized carbons (Fsp3) is 0.286. The zero-order chi connectivity index (χ0) is 22.4.